The maximum absolute atomic E-state index is 13.3. The molecule has 0 spiro atoms. The molecule has 0 saturated carbocycles. The highest BCUT2D eigenvalue weighted by Crippen LogP contribution is 2.36. The summed E-state index contributed by atoms with van der Waals surface area (Å²) in [5.74, 6) is -1.51. The van der Waals surface area contributed by atoms with Crippen LogP contribution in [0.2, 0.25) is 0 Å². The Kier molecular flexibility index (Phi) is 3.49. The zero-order valence-electron chi connectivity index (χ0n) is 12.7. The Balaban J connectivity index is 2.04. The van der Waals surface area contributed by atoms with E-state index in [1.807, 2.05) is 0 Å². The van der Waals surface area contributed by atoms with Crippen LogP contribution in [0.4, 0.5) is 4.39 Å². The van der Waals surface area contributed by atoms with Crippen molar-refractivity contribution < 1.29 is 27.1 Å². The number of hydrogen-bond donors (Lipinski definition) is 1. The molecule has 1 aliphatic heterocycles. The van der Waals surface area contributed by atoms with Gasteiger partial charge in [0, 0.05) is 24.0 Å². The lowest BCUT2D eigenvalue weighted by Crippen LogP contribution is -2.35. The van der Waals surface area contributed by atoms with Crippen LogP contribution in [0.15, 0.2) is 27.7 Å². The van der Waals surface area contributed by atoms with Crippen LogP contribution in [0.5, 0.6) is 0 Å². The van der Waals surface area contributed by atoms with Gasteiger partial charge in [0.1, 0.15) is 11.4 Å². The third-order valence-electron chi connectivity index (χ3n) is 4.38. The standard InChI is InChI=1S/C15H16FNO5S/c1-9-11-7-10(16)3-4-12(11)22-13(9)23(20,21)17-6-5-15(2,8-17)14(18)19/h3-4,7H,5-6,8H2,1-2H3,(H,18,19). The Morgan fingerprint density at radius 2 is 2.13 bits per heavy atom. The van der Waals surface area contributed by atoms with Gasteiger partial charge in [0.2, 0.25) is 5.09 Å². The minimum absolute atomic E-state index is 0.107. The number of aliphatic carboxylic acids is 1. The average molecular weight is 341 g/mol. The summed E-state index contributed by atoms with van der Waals surface area (Å²) >= 11 is 0. The number of halogens is 1. The van der Waals surface area contributed by atoms with Gasteiger partial charge in [-0.3, -0.25) is 4.79 Å². The molecule has 0 amide bonds. The Hall–Kier alpha value is -1.93. The number of carboxylic acids is 1. The molecule has 1 aromatic carbocycles. The van der Waals surface area contributed by atoms with Gasteiger partial charge in [-0.1, -0.05) is 0 Å². The number of furan rings is 1. The highest BCUT2D eigenvalue weighted by molar-refractivity contribution is 7.89. The van der Waals surface area contributed by atoms with Gasteiger partial charge >= 0.3 is 5.97 Å². The third-order valence-corrected chi connectivity index (χ3v) is 6.23. The number of nitrogens with zero attached hydrogens (tertiary/aromatic N) is 1. The molecule has 3 rings (SSSR count). The van der Waals surface area contributed by atoms with Crippen LogP contribution in [0.1, 0.15) is 18.9 Å². The molecule has 124 valence electrons. The van der Waals surface area contributed by atoms with Gasteiger partial charge in [-0.2, -0.15) is 4.31 Å². The second-order valence-corrected chi connectivity index (χ2v) is 7.95. The van der Waals surface area contributed by atoms with Crippen LogP contribution in [0.3, 0.4) is 0 Å². The third kappa shape index (κ3) is 2.42. The van der Waals surface area contributed by atoms with Gasteiger partial charge in [0.05, 0.1) is 5.41 Å². The molecule has 6 nitrogen and oxygen atoms in total. The van der Waals surface area contributed by atoms with E-state index < -0.39 is 27.2 Å². The monoisotopic (exact) mass is 341 g/mol. The summed E-state index contributed by atoms with van der Waals surface area (Å²) in [5, 5.41) is 9.38. The van der Waals surface area contributed by atoms with E-state index in [1.165, 1.54) is 25.1 Å². The summed E-state index contributed by atoms with van der Waals surface area (Å²) in [4.78, 5) is 11.3. The molecule has 0 bridgehead atoms. The minimum Gasteiger partial charge on any atom is -0.481 e. The number of carbonyl (C=O) groups is 1. The van der Waals surface area contributed by atoms with E-state index in [0.29, 0.717) is 10.9 Å². The van der Waals surface area contributed by atoms with Crippen LogP contribution in [-0.4, -0.2) is 36.9 Å². The first kappa shape index (κ1) is 15.9. The molecule has 2 aromatic rings. The predicted molar refractivity (Wildman–Crippen MR) is 80.0 cm³/mol. The number of aryl methyl sites for hydroxylation is 1. The number of carboxylic acid groups (broad SMARTS) is 1. The van der Waals surface area contributed by atoms with E-state index in [4.69, 9.17) is 4.42 Å². The highest BCUT2D eigenvalue weighted by atomic mass is 32.2. The maximum Gasteiger partial charge on any atom is 0.310 e. The van der Waals surface area contributed by atoms with Gasteiger partial charge in [-0.05, 0) is 38.5 Å². The van der Waals surface area contributed by atoms with E-state index in [9.17, 15) is 22.7 Å². The molecular formula is C15H16FNO5S. The van der Waals surface area contributed by atoms with Crippen molar-refractivity contribution in [1.29, 1.82) is 0 Å². The molecule has 1 saturated heterocycles. The van der Waals surface area contributed by atoms with Crippen molar-refractivity contribution >= 4 is 27.0 Å². The van der Waals surface area contributed by atoms with Crippen LogP contribution >= 0.6 is 0 Å². The normalized spacial score (nSPS) is 22.7. The Labute approximate surface area is 132 Å². The van der Waals surface area contributed by atoms with E-state index >= 15 is 0 Å². The molecule has 8 heteroatoms. The zero-order valence-corrected chi connectivity index (χ0v) is 13.5. The molecule has 1 unspecified atom stereocenters. The van der Waals surface area contributed by atoms with E-state index in [0.717, 1.165) is 4.31 Å². The summed E-state index contributed by atoms with van der Waals surface area (Å²) in [5.41, 5.74) is -0.509. The SMILES string of the molecule is Cc1c(S(=O)(=O)N2CCC(C)(C(=O)O)C2)oc2ccc(F)cc12. The van der Waals surface area contributed by atoms with Crippen LogP contribution in [-0.2, 0) is 14.8 Å². The van der Waals surface area contributed by atoms with Crippen LogP contribution in [0, 0.1) is 18.2 Å². The Morgan fingerprint density at radius 1 is 1.43 bits per heavy atom. The van der Waals surface area contributed by atoms with Crippen molar-refractivity contribution in [2.75, 3.05) is 13.1 Å². The second kappa shape index (κ2) is 5.04. The topological polar surface area (TPSA) is 87.8 Å². The Morgan fingerprint density at radius 3 is 2.74 bits per heavy atom. The number of fused-ring (bicyclic) bond motifs is 1. The Bertz CT molecular complexity index is 904. The fourth-order valence-electron chi connectivity index (χ4n) is 2.83. The summed E-state index contributed by atoms with van der Waals surface area (Å²) in [6.45, 7) is 3.06. The molecule has 2 heterocycles. The molecule has 1 aliphatic rings. The summed E-state index contributed by atoms with van der Waals surface area (Å²) in [6.07, 6.45) is 0.232. The van der Waals surface area contributed by atoms with Crippen molar-refractivity contribution in [3.8, 4) is 0 Å². The quantitative estimate of drug-likeness (QED) is 0.926. The smallest absolute Gasteiger partial charge is 0.310 e. The van der Waals surface area contributed by atoms with E-state index in [-0.39, 0.29) is 30.2 Å². The van der Waals surface area contributed by atoms with Crippen molar-refractivity contribution in [3.63, 3.8) is 0 Å². The summed E-state index contributed by atoms with van der Waals surface area (Å²) in [7, 11) is -3.97. The van der Waals surface area contributed by atoms with Gasteiger partial charge < -0.3 is 9.52 Å². The first-order valence-electron chi connectivity index (χ1n) is 7.07. The molecule has 1 fully saturated rings. The molecule has 1 N–H and O–H groups in total. The fourth-order valence-corrected chi connectivity index (χ4v) is 4.55. The first-order chi connectivity index (χ1) is 10.6. The average Bonchev–Trinajstić information content (AvgIpc) is 3.03. The largest absolute Gasteiger partial charge is 0.481 e. The molecule has 0 radical (unpaired) electrons. The zero-order chi connectivity index (χ0) is 17.0. The first-order valence-corrected chi connectivity index (χ1v) is 8.51. The molecule has 1 aromatic heterocycles. The van der Waals surface area contributed by atoms with Crippen LogP contribution < -0.4 is 0 Å². The van der Waals surface area contributed by atoms with E-state index in [1.54, 1.807) is 6.92 Å². The summed E-state index contributed by atoms with van der Waals surface area (Å²) < 4.78 is 45.4. The fraction of sp³-hybridized carbons (Fsp3) is 0.400. The number of rotatable bonds is 3. The molecule has 1 atom stereocenters. The lowest BCUT2D eigenvalue weighted by atomic mass is 9.90. The predicted octanol–water partition coefficient (Wildman–Crippen LogP) is 2.37. The van der Waals surface area contributed by atoms with Crippen molar-refractivity contribution in [1.82, 2.24) is 4.31 Å². The second-order valence-electron chi connectivity index (χ2n) is 6.11. The minimum atomic E-state index is -3.97. The molecule has 0 aliphatic carbocycles. The number of hydrogen-bond acceptors (Lipinski definition) is 4. The van der Waals surface area contributed by atoms with Crippen molar-refractivity contribution in [2.45, 2.75) is 25.4 Å². The molecule has 23 heavy (non-hydrogen) atoms. The molecular weight excluding hydrogens is 325 g/mol. The number of sulfonamides is 1. The van der Waals surface area contributed by atoms with Crippen molar-refractivity contribution in [3.05, 3.63) is 29.6 Å². The van der Waals surface area contributed by atoms with Gasteiger partial charge in [-0.15, -0.1) is 0 Å². The van der Waals surface area contributed by atoms with Crippen molar-refractivity contribution in [2.24, 2.45) is 5.41 Å². The van der Waals surface area contributed by atoms with Gasteiger partial charge in [-0.25, -0.2) is 12.8 Å². The lowest BCUT2D eigenvalue weighted by molar-refractivity contribution is -0.146. The van der Waals surface area contributed by atoms with Gasteiger partial charge in [0.25, 0.3) is 10.0 Å². The maximum atomic E-state index is 13.3. The lowest BCUT2D eigenvalue weighted by Gasteiger charge is -2.19. The number of benzene rings is 1. The van der Waals surface area contributed by atoms with E-state index in [2.05, 4.69) is 0 Å². The van der Waals surface area contributed by atoms with Crippen LogP contribution in [0.25, 0.3) is 11.0 Å². The van der Waals surface area contributed by atoms with Gasteiger partial charge in [0.15, 0.2) is 0 Å². The highest BCUT2D eigenvalue weighted by Gasteiger charge is 2.46. The summed E-state index contributed by atoms with van der Waals surface area (Å²) in [6, 6.07) is 3.79.